The molecule has 1 fully saturated rings. The van der Waals surface area contributed by atoms with Crippen LogP contribution in [-0.4, -0.2) is 31.1 Å². The number of amides is 1. The fourth-order valence-corrected chi connectivity index (χ4v) is 5.21. The summed E-state index contributed by atoms with van der Waals surface area (Å²) >= 11 is 0. The Morgan fingerprint density at radius 2 is 2.00 bits per heavy atom. The molecule has 2 aliphatic heterocycles. The van der Waals surface area contributed by atoms with Gasteiger partial charge >= 0.3 is 0 Å². The van der Waals surface area contributed by atoms with E-state index in [0.717, 1.165) is 42.1 Å². The largest absolute Gasteiger partial charge is 0.474 e. The molecular weight excluding hydrogens is 398 g/mol. The molecule has 172 valence electrons. The van der Waals surface area contributed by atoms with E-state index in [-0.39, 0.29) is 11.4 Å². The molecule has 4 rings (SSSR count). The lowest BCUT2D eigenvalue weighted by Gasteiger charge is -2.39. The van der Waals surface area contributed by atoms with Crippen LogP contribution in [0.5, 0.6) is 5.75 Å². The first-order valence-corrected chi connectivity index (χ1v) is 12.1. The second-order valence-electron chi connectivity index (χ2n) is 9.64. The minimum atomic E-state index is -0.606. The topological polar surface area (TPSA) is 53.6 Å². The Bertz CT molecular complexity index is 931. The maximum Gasteiger partial charge on any atom is 0.272 e. The van der Waals surface area contributed by atoms with Gasteiger partial charge in [-0.05, 0) is 63.8 Å². The molecule has 0 radical (unpaired) electrons. The van der Waals surface area contributed by atoms with Crippen molar-refractivity contribution in [2.45, 2.75) is 76.5 Å². The van der Waals surface area contributed by atoms with E-state index in [2.05, 4.69) is 24.5 Å². The van der Waals surface area contributed by atoms with Crippen molar-refractivity contribution in [1.29, 1.82) is 0 Å². The summed E-state index contributed by atoms with van der Waals surface area (Å²) in [6, 6.07) is 16.4. The third kappa shape index (κ3) is 5.09. The lowest BCUT2D eigenvalue weighted by molar-refractivity contribution is -0.126. The van der Waals surface area contributed by atoms with Gasteiger partial charge in [0.15, 0.2) is 0 Å². The molecule has 3 atom stereocenters. The number of carbonyl (C=O) groups excluding carboxylic acids is 1. The predicted molar refractivity (Wildman–Crippen MR) is 131 cm³/mol. The summed E-state index contributed by atoms with van der Waals surface area (Å²) in [5.41, 5.74) is 3.01. The molecule has 2 aromatic rings. The van der Waals surface area contributed by atoms with E-state index in [0.29, 0.717) is 6.04 Å². The predicted octanol–water partition coefficient (Wildman–Crippen LogP) is 5.68. The van der Waals surface area contributed by atoms with Crippen molar-refractivity contribution in [2.75, 3.05) is 23.8 Å². The summed E-state index contributed by atoms with van der Waals surface area (Å²) in [5.74, 6) is 0.798. The number of unbranched alkanes of at least 4 members (excludes halogenated alkanes) is 2. The van der Waals surface area contributed by atoms with Gasteiger partial charge in [0, 0.05) is 36.4 Å². The highest BCUT2D eigenvalue weighted by Crippen LogP contribution is 2.39. The van der Waals surface area contributed by atoms with Gasteiger partial charge in [-0.25, -0.2) is 0 Å². The number of hydrogen-bond donors (Lipinski definition) is 2. The smallest absolute Gasteiger partial charge is 0.272 e. The SMILES string of the molecule is CNc1cccc(C2Oc3ccccc3N(CCCCC[C@]3(C)CCC[C@H](C)N3)C2=O)c1. The first-order chi connectivity index (χ1) is 15.5. The highest BCUT2D eigenvalue weighted by molar-refractivity contribution is 6.00. The third-order valence-electron chi connectivity index (χ3n) is 6.94. The van der Waals surface area contributed by atoms with Crippen LogP contribution in [0.1, 0.15) is 70.5 Å². The number of rotatable bonds is 8. The van der Waals surface area contributed by atoms with Crippen LogP contribution in [0, 0.1) is 0 Å². The second-order valence-corrected chi connectivity index (χ2v) is 9.64. The summed E-state index contributed by atoms with van der Waals surface area (Å²) in [4.78, 5) is 15.4. The van der Waals surface area contributed by atoms with Gasteiger partial charge in [-0.15, -0.1) is 0 Å². The Hall–Kier alpha value is -2.53. The number of para-hydroxylation sites is 2. The van der Waals surface area contributed by atoms with Crippen molar-refractivity contribution in [2.24, 2.45) is 0 Å². The lowest BCUT2D eigenvalue weighted by Crippen LogP contribution is -2.50. The molecular formula is C27H37N3O2. The van der Waals surface area contributed by atoms with E-state index in [4.69, 9.17) is 4.74 Å². The van der Waals surface area contributed by atoms with Crippen molar-refractivity contribution >= 4 is 17.3 Å². The maximum absolute atomic E-state index is 13.5. The molecule has 1 unspecified atom stereocenters. The minimum Gasteiger partial charge on any atom is -0.474 e. The summed E-state index contributed by atoms with van der Waals surface area (Å²) in [6.07, 6.45) is 7.76. The third-order valence-corrected chi connectivity index (χ3v) is 6.94. The summed E-state index contributed by atoms with van der Waals surface area (Å²) in [7, 11) is 1.88. The van der Waals surface area contributed by atoms with Crippen LogP contribution in [0.25, 0.3) is 0 Å². The Balaban J connectivity index is 1.40. The normalized spacial score (nSPS) is 25.2. The van der Waals surface area contributed by atoms with Crippen LogP contribution in [0.15, 0.2) is 48.5 Å². The van der Waals surface area contributed by atoms with E-state index in [1.807, 2.05) is 60.5 Å². The van der Waals surface area contributed by atoms with Gasteiger partial charge < -0.3 is 20.3 Å². The second kappa shape index (κ2) is 9.95. The van der Waals surface area contributed by atoms with Crippen LogP contribution in [0.2, 0.25) is 0 Å². The minimum absolute atomic E-state index is 0.0201. The van der Waals surface area contributed by atoms with Gasteiger partial charge in [0.2, 0.25) is 6.10 Å². The fourth-order valence-electron chi connectivity index (χ4n) is 5.21. The number of nitrogens with one attached hydrogen (secondary N) is 2. The standard InChI is InChI=1S/C27H37N3O2/c1-20-11-10-17-27(2,29-20)16-7-4-8-18-30-23-14-5-6-15-24(23)32-25(26(30)31)21-12-9-13-22(19-21)28-3/h5-6,9,12-15,19-20,25,28-29H,4,7-8,10-11,16-18H2,1-3H3/t20-,25?,27+/m0/s1. The van der Waals surface area contributed by atoms with Crippen LogP contribution in [0.4, 0.5) is 11.4 Å². The molecule has 0 aromatic heterocycles. The summed E-state index contributed by atoms with van der Waals surface area (Å²) < 4.78 is 6.16. The zero-order valence-corrected chi connectivity index (χ0v) is 19.7. The molecule has 0 saturated carbocycles. The molecule has 5 nitrogen and oxygen atoms in total. The lowest BCUT2D eigenvalue weighted by atomic mass is 9.84. The highest BCUT2D eigenvalue weighted by Gasteiger charge is 2.35. The van der Waals surface area contributed by atoms with Crippen molar-refractivity contribution in [3.63, 3.8) is 0 Å². The molecule has 32 heavy (non-hydrogen) atoms. The average molecular weight is 436 g/mol. The average Bonchev–Trinajstić information content (AvgIpc) is 2.79. The van der Waals surface area contributed by atoms with Gasteiger partial charge in [0.05, 0.1) is 5.69 Å². The molecule has 2 heterocycles. The van der Waals surface area contributed by atoms with Crippen molar-refractivity contribution in [1.82, 2.24) is 5.32 Å². The monoisotopic (exact) mass is 435 g/mol. The zero-order chi connectivity index (χ0) is 22.6. The number of hydrogen-bond acceptors (Lipinski definition) is 4. The van der Waals surface area contributed by atoms with Gasteiger partial charge in [-0.1, -0.05) is 43.5 Å². The first-order valence-electron chi connectivity index (χ1n) is 12.1. The number of benzene rings is 2. The molecule has 5 heteroatoms. The number of ether oxygens (including phenoxy) is 1. The zero-order valence-electron chi connectivity index (χ0n) is 19.7. The Kier molecular flexibility index (Phi) is 7.04. The van der Waals surface area contributed by atoms with E-state index in [9.17, 15) is 4.79 Å². The van der Waals surface area contributed by atoms with Gasteiger partial charge in [-0.3, -0.25) is 4.79 Å². The molecule has 2 aromatic carbocycles. The number of anilines is 2. The summed E-state index contributed by atoms with van der Waals surface area (Å²) in [6.45, 7) is 5.39. The van der Waals surface area contributed by atoms with E-state index in [1.54, 1.807) is 0 Å². The summed E-state index contributed by atoms with van der Waals surface area (Å²) in [5, 5.41) is 6.95. The Morgan fingerprint density at radius 3 is 2.81 bits per heavy atom. The van der Waals surface area contributed by atoms with E-state index < -0.39 is 6.10 Å². The molecule has 1 saturated heterocycles. The van der Waals surface area contributed by atoms with Gasteiger partial charge in [-0.2, -0.15) is 0 Å². The Labute approximate surface area is 192 Å². The van der Waals surface area contributed by atoms with E-state index >= 15 is 0 Å². The van der Waals surface area contributed by atoms with Crippen LogP contribution < -0.4 is 20.3 Å². The molecule has 1 amide bonds. The van der Waals surface area contributed by atoms with Crippen molar-refractivity contribution in [3.8, 4) is 5.75 Å². The molecule has 2 N–H and O–H groups in total. The number of nitrogens with zero attached hydrogens (tertiary/aromatic N) is 1. The van der Waals surface area contributed by atoms with Crippen molar-refractivity contribution < 1.29 is 9.53 Å². The first kappa shape index (κ1) is 22.7. The van der Waals surface area contributed by atoms with Crippen LogP contribution >= 0.6 is 0 Å². The maximum atomic E-state index is 13.5. The van der Waals surface area contributed by atoms with Crippen molar-refractivity contribution in [3.05, 3.63) is 54.1 Å². The number of fused-ring (bicyclic) bond motifs is 1. The Morgan fingerprint density at radius 1 is 1.16 bits per heavy atom. The van der Waals surface area contributed by atoms with Gasteiger partial charge in [0.25, 0.3) is 5.91 Å². The molecule has 2 aliphatic rings. The molecule has 0 spiro atoms. The number of piperidine rings is 1. The highest BCUT2D eigenvalue weighted by atomic mass is 16.5. The van der Waals surface area contributed by atoms with E-state index in [1.165, 1.54) is 32.1 Å². The number of carbonyl (C=O) groups is 1. The quantitative estimate of drug-likeness (QED) is 0.524. The fraction of sp³-hybridized carbons (Fsp3) is 0.519. The molecule has 0 aliphatic carbocycles. The van der Waals surface area contributed by atoms with Crippen LogP contribution in [-0.2, 0) is 4.79 Å². The molecule has 0 bridgehead atoms. The van der Waals surface area contributed by atoms with Crippen LogP contribution in [0.3, 0.4) is 0 Å². The van der Waals surface area contributed by atoms with Gasteiger partial charge in [0.1, 0.15) is 5.75 Å².